The fourth-order valence-electron chi connectivity index (χ4n) is 6.10. The van der Waals surface area contributed by atoms with Crippen molar-refractivity contribution in [1.29, 1.82) is 0 Å². The molecule has 0 atom stereocenters. The highest BCUT2D eigenvalue weighted by atomic mass is 15.2. The Morgan fingerprint density at radius 2 is 1.61 bits per heavy atom. The van der Waals surface area contributed by atoms with Crippen molar-refractivity contribution in [2.24, 2.45) is 0 Å². The van der Waals surface area contributed by atoms with Crippen LogP contribution in [0.4, 0.5) is 11.5 Å². The molecule has 0 bridgehead atoms. The molecule has 0 unspecified atom stereocenters. The summed E-state index contributed by atoms with van der Waals surface area (Å²) in [4.78, 5) is 22.3. The van der Waals surface area contributed by atoms with Crippen molar-refractivity contribution in [1.82, 2.24) is 29.3 Å². The molecule has 1 aliphatic carbocycles. The molecule has 8 heteroatoms. The normalized spacial score (nSPS) is 17.8. The molecule has 1 saturated heterocycles. The maximum absolute atomic E-state index is 5.11. The smallest absolute Gasteiger partial charge is 0.166 e. The van der Waals surface area contributed by atoms with Crippen LogP contribution in [0.2, 0.25) is 0 Å². The van der Waals surface area contributed by atoms with E-state index in [9.17, 15) is 0 Å². The number of rotatable bonds is 9. The van der Waals surface area contributed by atoms with Gasteiger partial charge in [-0.15, -0.1) is 0 Å². The molecule has 206 valence electrons. The van der Waals surface area contributed by atoms with Crippen molar-refractivity contribution >= 4 is 22.7 Å². The molecule has 2 aliphatic rings. The first kappa shape index (κ1) is 26.9. The molecule has 1 aromatic carbocycles. The van der Waals surface area contributed by atoms with Crippen LogP contribution in [-0.2, 0) is 0 Å². The third-order valence-electron chi connectivity index (χ3n) is 8.37. The predicted molar refractivity (Wildman–Crippen MR) is 158 cm³/mol. The van der Waals surface area contributed by atoms with Gasteiger partial charge in [-0.3, -0.25) is 4.90 Å². The van der Waals surface area contributed by atoms with Crippen molar-refractivity contribution in [2.75, 3.05) is 56.5 Å². The number of anilines is 2. The number of likely N-dealkylation sites (N-methyl/N-ethyl adjacent to an activating group) is 1. The van der Waals surface area contributed by atoms with Gasteiger partial charge in [-0.2, -0.15) is 0 Å². The SMILES string of the molecule is CC(C)N(CCNc1nc(-c2ccc(N3CCN(C)CC3)cc2)nc2c1ncn2C1CCCCC1)C(C)C. The minimum atomic E-state index is 0.473. The molecule has 1 saturated carbocycles. The number of hydrogen-bond donors (Lipinski definition) is 1. The number of fused-ring (bicyclic) bond motifs is 1. The molecule has 0 amide bonds. The largest absolute Gasteiger partial charge is 0.369 e. The second-order valence-electron chi connectivity index (χ2n) is 11.7. The molecule has 1 aliphatic heterocycles. The molecule has 0 radical (unpaired) electrons. The maximum atomic E-state index is 5.11. The summed E-state index contributed by atoms with van der Waals surface area (Å²) >= 11 is 0. The predicted octanol–water partition coefficient (Wildman–Crippen LogP) is 5.28. The minimum Gasteiger partial charge on any atom is -0.369 e. The zero-order chi connectivity index (χ0) is 26.6. The van der Waals surface area contributed by atoms with Gasteiger partial charge in [-0.25, -0.2) is 15.0 Å². The summed E-state index contributed by atoms with van der Waals surface area (Å²) in [6.07, 6.45) is 8.28. The van der Waals surface area contributed by atoms with Crippen molar-refractivity contribution in [3.8, 4) is 11.4 Å². The molecular weight excluding hydrogens is 472 g/mol. The van der Waals surface area contributed by atoms with E-state index in [1.165, 1.54) is 37.8 Å². The standard InChI is InChI=1S/C30H46N8/c1-22(2)37(23(3)4)16-15-31-29-27-30(38(21-32-27)26-9-7-6-8-10-26)34-28(33-29)24-11-13-25(14-12-24)36-19-17-35(5)18-20-36/h11-14,21-23,26H,6-10,15-20H2,1-5H3,(H,31,33,34). The summed E-state index contributed by atoms with van der Waals surface area (Å²) in [6.45, 7) is 15.2. The van der Waals surface area contributed by atoms with Crippen LogP contribution in [0.3, 0.4) is 0 Å². The summed E-state index contributed by atoms with van der Waals surface area (Å²) < 4.78 is 2.32. The number of aromatic nitrogens is 4. The van der Waals surface area contributed by atoms with Crippen LogP contribution in [0.15, 0.2) is 30.6 Å². The van der Waals surface area contributed by atoms with E-state index >= 15 is 0 Å². The van der Waals surface area contributed by atoms with E-state index in [-0.39, 0.29) is 0 Å². The highest BCUT2D eigenvalue weighted by molar-refractivity contribution is 5.85. The number of nitrogens with one attached hydrogen (secondary N) is 1. The van der Waals surface area contributed by atoms with Crippen molar-refractivity contribution in [2.45, 2.75) is 77.9 Å². The third-order valence-corrected chi connectivity index (χ3v) is 8.37. The van der Waals surface area contributed by atoms with Crippen LogP contribution in [0, 0.1) is 0 Å². The molecule has 5 rings (SSSR count). The van der Waals surface area contributed by atoms with E-state index < -0.39 is 0 Å². The summed E-state index contributed by atoms with van der Waals surface area (Å²) in [7, 11) is 2.20. The van der Waals surface area contributed by atoms with Gasteiger partial charge in [0.2, 0.25) is 0 Å². The maximum Gasteiger partial charge on any atom is 0.166 e. The monoisotopic (exact) mass is 518 g/mol. The van der Waals surface area contributed by atoms with Crippen molar-refractivity contribution in [3.63, 3.8) is 0 Å². The van der Waals surface area contributed by atoms with Gasteiger partial charge in [0.1, 0.15) is 5.52 Å². The fraction of sp³-hybridized carbons (Fsp3) is 0.633. The van der Waals surface area contributed by atoms with Crippen LogP contribution in [0.5, 0.6) is 0 Å². The second kappa shape index (κ2) is 12.0. The molecule has 2 aromatic heterocycles. The van der Waals surface area contributed by atoms with Gasteiger partial charge < -0.3 is 19.7 Å². The lowest BCUT2D eigenvalue weighted by molar-refractivity contribution is 0.182. The summed E-state index contributed by atoms with van der Waals surface area (Å²) in [6, 6.07) is 10.3. The van der Waals surface area contributed by atoms with Gasteiger partial charge >= 0.3 is 0 Å². The number of piperazine rings is 1. The lowest BCUT2D eigenvalue weighted by Crippen LogP contribution is -2.44. The highest BCUT2D eigenvalue weighted by Gasteiger charge is 2.22. The minimum absolute atomic E-state index is 0.473. The van der Waals surface area contributed by atoms with E-state index in [1.807, 2.05) is 6.33 Å². The van der Waals surface area contributed by atoms with Crippen LogP contribution < -0.4 is 10.2 Å². The van der Waals surface area contributed by atoms with E-state index in [4.69, 9.17) is 15.0 Å². The highest BCUT2D eigenvalue weighted by Crippen LogP contribution is 2.33. The quantitative estimate of drug-likeness (QED) is 0.413. The Bertz CT molecular complexity index is 1160. The molecule has 8 nitrogen and oxygen atoms in total. The van der Waals surface area contributed by atoms with E-state index in [0.717, 1.165) is 67.6 Å². The van der Waals surface area contributed by atoms with Gasteiger partial charge in [-0.1, -0.05) is 19.3 Å². The van der Waals surface area contributed by atoms with Gasteiger partial charge in [-0.05, 0) is 71.8 Å². The lowest BCUT2D eigenvalue weighted by Gasteiger charge is -2.34. The first-order valence-electron chi connectivity index (χ1n) is 14.7. The molecule has 1 N–H and O–H groups in total. The van der Waals surface area contributed by atoms with Crippen molar-refractivity contribution < 1.29 is 0 Å². The van der Waals surface area contributed by atoms with E-state index in [0.29, 0.717) is 18.1 Å². The van der Waals surface area contributed by atoms with E-state index in [1.54, 1.807) is 0 Å². The summed E-state index contributed by atoms with van der Waals surface area (Å²) in [5.41, 5.74) is 4.16. The molecule has 0 spiro atoms. The van der Waals surface area contributed by atoms with Crippen LogP contribution >= 0.6 is 0 Å². The topological polar surface area (TPSA) is 65.3 Å². The Morgan fingerprint density at radius 3 is 2.26 bits per heavy atom. The van der Waals surface area contributed by atoms with E-state index in [2.05, 4.69) is 83.6 Å². The lowest BCUT2D eigenvalue weighted by atomic mass is 9.95. The zero-order valence-corrected chi connectivity index (χ0v) is 24.0. The van der Waals surface area contributed by atoms with Gasteiger partial charge in [0, 0.05) is 68.6 Å². The zero-order valence-electron chi connectivity index (χ0n) is 24.0. The van der Waals surface area contributed by atoms with Crippen LogP contribution in [-0.4, -0.2) is 87.7 Å². The summed E-state index contributed by atoms with van der Waals surface area (Å²) in [5.74, 6) is 1.61. The third kappa shape index (κ3) is 5.96. The summed E-state index contributed by atoms with van der Waals surface area (Å²) in [5, 5.41) is 3.64. The Balaban J connectivity index is 1.44. The first-order valence-corrected chi connectivity index (χ1v) is 14.7. The van der Waals surface area contributed by atoms with Gasteiger partial charge in [0.15, 0.2) is 17.3 Å². The Hall–Kier alpha value is -2.71. The van der Waals surface area contributed by atoms with Gasteiger partial charge in [0.05, 0.1) is 6.33 Å². The fourth-order valence-corrected chi connectivity index (χ4v) is 6.10. The van der Waals surface area contributed by atoms with Gasteiger partial charge in [0.25, 0.3) is 0 Å². The van der Waals surface area contributed by atoms with Crippen LogP contribution in [0.1, 0.15) is 65.8 Å². The Kier molecular flexibility index (Phi) is 8.48. The molecule has 3 aromatic rings. The Labute approximate surface area is 228 Å². The number of hydrogen-bond acceptors (Lipinski definition) is 7. The first-order chi connectivity index (χ1) is 18.4. The number of imidazole rings is 1. The number of benzene rings is 1. The molecule has 3 heterocycles. The number of nitrogens with zero attached hydrogens (tertiary/aromatic N) is 7. The second-order valence-corrected chi connectivity index (χ2v) is 11.7. The molecule has 2 fully saturated rings. The van der Waals surface area contributed by atoms with Crippen LogP contribution in [0.25, 0.3) is 22.6 Å². The molecular formula is C30H46N8. The average molecular weight is 519 g/mol. The molecule has 38 heavy (non-hydrogen) atoms. The average Bonchev–Trinajstić information content (AvgIpc) is 3.36. The Morgan fingerprint density at radius 1 is 0.921 bits per heavy atom. The van der Waals surface area contributed by atoms with Crippen molar-refractivity contribution in [3.05, 3.63) is 30.6 Å².